The largest absolute Gasteiger partial charge is 0.281 e. The number of nitrogens with one attached hydrogen (secondary N) is 1. The highest BCUT2D eigenvalue weighted by Crippen LogP contribution is 2.23. The van der Waals surface area contributed by atoms with Crippen LogP contribution < -0.4 is 0 Å². The van der Waals surface area contributed by atoms with E-state index in [1.54, 1.807) is 12.4 Å². The summed E-state index contributed by atoms with van der Waals surface area (Å²) < 4.78 is 0. The van der Waals surface area contributed by atoms with Gasteiger partial charge in [0.25, 0.3) is 5.91 Å². The monoisotopic (exact) mass is 413 g/mol. The summed E-state index contributed by atoms with van der Waals surface area (Å²) in [5, 5.41) is 19.9. The van der Waals surface area contributed by atoms with Crippen LogP contribution in [0, 0.1) is 6.92 Å². The van der Waals surface area contributed by atoms with E-state index in [1.165, 1.54) is 4.80 Å². The Bertz CT molecular complexity index is 1180. The molecule has 1 aliphatic rings. The second-order valence-corrected chi connectivity index (χ2v) is 7.65. The number of aryl methyl sites for hydroxylation is 1. The summed E-state index contributed by atoms with van der Waals surface area (Å²) in [6, 6.07) is 17.9. The van der Waals surface area contributed by atoms with Crippen LogP contribution in [0.3, 0.4) is 0 Å². The van der Waals surface area contributed by atoms with Crippen LogP contribution in [-0.2, 0) is 6.54 Å². The molecule has 5 rings (SSSR count). The minimum atomic E-state index is -0.0451. The number of carbonyl (C=O) groups excluding carboxylic acids is 1. The molecule has 2 aromatic carbocycles. The molecule has 1 aliphatic heterocycles. The standard InChI is InChI=1S/C23H23N7O/c1-17-8-9-22(30-24-10-11-25-30)20(14-17)23(31)29-13-5-12-28(29)16-19-15-21(27-26-19)18-6-3-2-4-7-18/h2-4,6-11,14-15H,5,12-13,16H2,1H3,(H,26,27). The van der Waals surface area contributed by atoms with Crippen LogP contribution in [0.5, 0.6) is 0 Å². The topological polar surface area (TPSA) is 82.9 Å². The lowest BCUT2D eigenvalue weighted by Crippen LogP contribution is -2.41. The molecule has 156 valence electrons. The Hall–Kier alpha value is -3.78. The molecule has 8 nitrogen and oxygen atoms in total. The van der Waals surface area contributed by atoms with Gasteiger partial charge in [0.05, 0.1) is 41.6 Å². The predicted molar refractivity (Wildman–Crippen MR) is 116 cm³/mol. The first-order valence-electron chi connectivity index (χ1n) is 10.3. The summed E-state index contributed by atoms with van der Waals surface area (Å²) in [5.41, 5.74) is 5.23. The first kappa shape index (κ1) is 19.2. The molecule has 1 saturated heterocycles. The van der Waals surface area contributed by atoms with E-state index >= 15 is 0 Å². The average molecular weight is 413 g/mol. The average Bonchev–Trinajstić information content (AvgIpc) is 3.56. The predicted octanol–water partition coefficient (Wildman–Crippen LogP) is 3.23. The van der Waals surface area contributed by atoms with Crippen LogP contribution in [0.1, 0.15) is 28.0 Å². The molecular weight excluding hydrogens is 390 g/mol. The van der Waals surface area contributed by atoms with Gasteiger partial charge in [-0.1, -0.05) is 42.0 Å². The number of carbonyl (C=O) groups is 1. The van der Waals surface area contributed by atoms with Gasteiger partial charge in [0, 0.05) is 18.7 Å². The van der Waals surface area contributed by atoms with Gasteiger partial charge >= 0.3 is 0 Å². The van der Waals surface area contributed by atoms with Crippen molar-refractivity contribution in [1.82, 2.24) is 35.2 Å². The van der Waals surface area contributed by atoms with Gasteiger partial charge in [-0.2, -0.15) is 20.1 Å². The molecule has 1 amide bonds. The molecule has 1 N–H and O–H groups in total. The first-order valence-corrected chi connectivity index (χ1v) is 10.3. The summed E-state index contributed by atoms with van der Waals surface area (Å²) in [7, 11) is 0. The summed E-state index contributed by atoms with van der Waals surface area (Å²) in [4.78, 5) is 15.0. The molecule has 0 bridgehead atoms. The minimum Gasteiger partial charge on any atom is -0.281 e. The van der Waals surface area contributed by atoms with Crippen LogP contribution in [0.15, 0.2) is 67.0 Å². The van der Waals surface area contributed by atoms with Gasteiger partial charge in [-0.3, -0.25) is 14.9 Å². The van der Waals surface area contributed by atoms with Gasteiger partial charge in [-0.15, -0.1) is 0 Å². The highest BCUT2D eigenvalue weighted by atomic mass is 16.2. The summed E-state index contributed by atoms with van der Waals surface area (Å²) in [6.07, 6.45) is 4.14. The molecule has 0 atom stereocenters. The molecule has 0 radical (unpaired) electrons. The Morgan fingerprint density at radius 2 is 1.84 bits per heavy atom. The normalized spacial score (nSPS) is 14.3. The van der Waals surface area contributed by atoms with Gasteiger partial charge in [0.15, 0.2) is 0 Å². The number of benzene rings is 2. The maximum absolute atomic E-state index is 13.5. The number of hydrogen-bond acceptors (Lipinski definition) is 5. The van der Waals surface area contributed by atoms with Gasteiger partial charge in [0.1, 0.15) is 0 Å². The highest BCUT2D eigenvalue weighted by molar-refractivity contribution is 5.97. The third-order valence-corrected chi connectivity index (χ3v) is 5.43. The van der Waals surface area contributed by atoms with E-state index in [1.807, 2.05) is 66.5 Å². The van der Waals surface area contributed by atoms with Crippen molar-refractivity contribution in [2.24, 2.45) is 0 Å². The summed E-state index contributed by atoms with van der Waals surface area (Å²) in [6.45, 7) is 4.06. The maximum atomic E-state index is 13.5. The molecule has 4 aromatic rings. The zero-order valence-corrected chi connectivity index (χ0v) is 17.3. The van der Waals surface area contributed by atoms with E-state index in [-0.39, 0.29) is 5.91 Å². The molecular formula is C23H23N7O. The van der Waals surface area contributed by atoms with Crippen LogP contribution in [0.25, 0.3) is 16.9 Å². The fourth-order valence-electron chi connectivity index (χ4n) is 3.93. The second kappa shape index (κ2) is 8.16. The number of aromatic amines is 1. The molecule has 0 unspecified atom stereocenters. The summed E-state index contributed by atoms with van der Waals surface area (Å²) >= 11 is 0. The van der Waals surface area contributed by atoms with E-state index in [9.17, 15) is 4.79 Å². The molecule has 31 heavy (non-hydrogen) atoms. The molecule has 3 heterocycles. The Labute approximate surface area is 180 Å². The SMILES string of the molecule is Cc1ccc(-n2nccn2)c(C(=O)N2CCCN2Cc2cc(-c3ccccc3)n[nH]2)c1. The number of hydrazine groups is 1. The third-order valence-electron chi connectivity index (χ3n) is 5.43. The van der Waals surface area contributed by atoms with E-state index in [4.69, 9.17) is 0 Å². The van der Waals surface area contributed by atoms with Gasteiger partial charge in [-0.05, 0) is 31.5 Å². The number of rotatable bonds is 5. The van der Waals surface area contributed by atoms with Gasteiger partial charge in [-0.25, -0.2) is 5.01 Å². The molecule has 0 aliphatic carbocycles. The number of hydrogen-bond donors (Lipinski definition) is 1. The van der Waals surface area contributed by atoms with Gasteiger partial charge < -0.3 is 0 Å². The molecule has 8 heteroatoms. The first-order chi connectivity index (χ1) is 15.2. The summed E-state index contributed by atoms with van der Waals surface area (Å²) in [5.74, 6) is -0.0451. The lowest BCUT2D eigenvalue weighted by molar-refractivity contribution is 0.0164. The zero-order valence-electron chi connectivity index (χ0n) is 17.3. The van der Waals surface area contributed by atoms with Crippen LogP contribution in [-0.4, -0.2) is 54.2 Å². The van der Waals surface area contributed by atoms with E-state index in [2.05, 4.69) is 25.4 Å². The van der Waals surface area contributed by atoms with Crippen molar-refractivity contribution in [1.29, 1.82) is 0 Å². The van der Waals surface area contributed by atoms with Crippen molar-refractivity contribution >= 4 is 5.91 Å². The van der Waals surface area contributed by atoms with Crippen molar-refractivity contribution in [2.75, 3.05) is 13.1 Å². The molecule has 0 spiro atoms. The number of aromatic nitrogens is 5. The lowest BCUT2D eigenvalue weighted by Gasteiger charge is -2.28. The lowest BCUT2D eigenvalue weighted by atomic mass is 10.1. The quantitative estimate of drug-likeness (QED) is 0.543. The Morgan fingerprint density at radius 1 is 1.03 bits per heavy atom. The van der Waals surface area contributed by atoms with Crippen LogP contribution in [0.4, 0.5) is 0 Å². The Balaban J connectivity index is 1.38. The third kappa shape index (κ3) is 3.85. The van der Waals surface area contributed by atoms with Crippen molar-refractivity contribution in [3.05, 3.63) is 83.8 Å². The molecule has 2 aromatic heterocycles. The van der Waals surface area contributed by atoms with Gasteiger partial charge in [0.2, 0.25) is 0 Å². The van der Waals surface area contributed by atoms with Crippen LogP contribution in [0.2, 0.25) is 0 Å². The highest BCUT2D eigenvalue weighted by Gasteiger charge is 2.30. The maximum Gasteiger partial charge on any atom is 0.270 e. The number of H-pyrrole nitrogens is 1. The van der Waals surface area contributed by atoms with Crippen LogP contribution >= 0.6 is 0 Å². The molecule has 0 saturated carbocycles. The fourth-order valence-corrected chi connectivity index (χ4v) is 3.93. The van der Waals surface area contributed by atoms with Crippen molar-refractivity contribution in [3.8, 4) is 16.9 Å². The zero-order chi connectivity index (χ0) is 21.2. The number of nitrogens with zero attached hydrogens (tertiary/aromatic N) is 6. The second-order valence-electron chi connectivity index (χ2n) is 7.65. The molecule has 1 fully saturated rings. The van der Waals surface area contributed by atoms with Crippen molar-refractivity contribution in [2.45, 2.75) is 19.9 Å². The fraction of sp³-hybridized carbons (Fsp3) is 0.217. The number of amides is 1. The minimum absolute atomic E-state index is 0.0451. The van der Waals surface area contributed by atoms with Crippen molar-refractivity contribution in [3.63, 3.8) is 0 Å². The smallest absolute Gasteiger partial charge is 0.270 e. The van der Waals surface area contributed by atoms with Crippen molar-refractivity contribution < 1.29 is 4.79 Å². The van der Waals surface area contributed by atoms with E-state index in [0.717, 1.165) is 35.5 Å². The van der Waals surface area contributed by atoms with E-state index in [0.29, 0.717) is 24.3 Å². The Morgan fingerprint density at radius 3 is 2.65 bits per heavy atom. The van der Waals surface area contributed by atoms with E-state index < -0.39 is 0 Å². The Kier molecular flexibility index (Phi) is 5.05.